The number of carbonyl (C=O) groups is 1. The van der Waals surface area contributed by atoms with E-state index in [2.05, 4.69) is 10.6 Å². The first kappa shape index (κ1) is 24.5. The fourth-order valence-corrected chi connectivity index (χ4v) is 3.68. The van der Waals surface area contributed by atoms with Crippen LogP contribution in [0.15, 0.2) is 18.2 Å². The Hall–Kier alpha value is -2.79. The lowest BCUT2D eigenvalue weighted by Crippen LogP contribution is -2.30. The highest BCUT2D eigenvalue weighted by Gasteiger charge is 2.35. The molecule has 0 radical (unpaired) electrons. The first-order valence-electron chi connectivity index (χ1n) is 10.6. The smallest absolute Gasteiger partial charge is 0.299 e. The van der Waals surface area contributed by atoms with Crippen LogP contribution in [-0.4, -0.2) is 51.3 Å². The number of nitro benzene ring substituents is 2. The lowest BCUT2D eigenvalue weighted by atomic mass is 10.1. The third-order valence-corrected chi connectivity index (χ3v) is 5.47. The SMILES string of the molecule is O=C(NCCCCCCCCNc1ccc([N+](=O)[O-])cc1[N+](=O)[O-])C1CC(O)C(O)C1. The molecule has 0 heterocycles. The summed E-state index contributed by atoms with van der Waals surface area (Å²) in [5.74, 6) is -0.425. The van der Waals surface area contributed by atoms with E-state index in [4.69, 9.17) is 0 Å². The Bertz CT molecular complexity index is 764. The van der Waals surface area contributed by atoms with Gasteiger partial charge in [-0.1, -0.05) is 25.7 Å². The van der Waals surface area contributed by atoms with Gasteiger partial charge in [-0.3, -0.25) is 25.0 Å². The van der Waals surface area contributed by atoms with Gasteiger partial charge in [-0.15, -0.1) is 0 Å². The molecule has 0 spiro atoms. The summed E-state index contributed by atoms with van der Waals surface area (Å²) < 4.78 is 0. The Kier molecular flexibility index (Phi) is 9.60. The molecule has 31 heavy (non-hydrogen) atoms. The lowest BCUT2D eigenvalue weighted by molar-refractivity contribution is -0.393. The molecule has 1 aromatic rings. The van der Waals surface area contributed by atoms with Gasteiger partial charge in [-0.2, -0.15) is 0 Å². The maximum atomic E-state index is 12.0. The molecular formula is C20H30N4O7. The zero-order chi connectivity index (χ0) is 22.8. The number of hydrogen-bond donors (Lipinski definition) is 4. The van der Waals surface area contributed by atoms with E-state index in [1.54, 1.807) is 0 Å². The monoisotopic (exact) mass is 438 g/mol. The van der Waals surface area contributed by atoms with Crippen molar-refractivity contribution in [3.63, 3.8) is 0 Å². The van der Waals surface area contributed by atoms with Gasteiger partial charge in [0.1, 0.15) is 5.69 Å². The third kappa shape index (κ3) is 7.76. The predicted octanol–water partition coefficient (Wildman–Crippen LogP) is 2.50. The number of rotatable bonds is 13. The van der Waals surface area contributed by atoms with Gasteiger partial charge in [0.2, 0.25) is 5.91 Å². The van der Waals surface area contributed by atoms with E-state index in [9.17, 15) is 35.2 Å². The summed E-state index contributed by atoms with van der Waals surface area (Å²) in [6, 6.07) is 3.56. The highest BCUT2D eigenvalue weighted by Crippen LogP contribution is 2.29. The molecule has 2 rings (SSSR count). The minimum atomic E-state index is -0.809. The minimum Gasteiger partial charge on any atom is -0.390 e. The third-order valence-electron chi connectivity index (χ3n) is 5.47. The Morgan fingerprint density at radius 1 is 0.935 bits per heavy atom. The molecule has 1 saturated carbocycles. The molecule has 0 saturated heterocycles. The predicted molar refractivity (Wildman–Crippen MR) is 114 cm³/mol. The summed E-state index contributed by atoms with van der Waals surface area (Å²) >= 11 is 0. The molecule has 1 amide bonds. The number of nitrogens with zero attached hydrogens (tertiary/aromatic N) is 2. The van der Waals surface area contributed by atoms with E-state index >= 15 is 0 Å². The highest BCUT2D eigenvalue weighted by molar-refractivity contribution is 5.79. The van der Waals surface area contributed by atoms with Crippen molar-refractivity contribution in [1.82, 2.24) is 5.32 Å². The van der Waals surface area contributed by atoms with E-state index in [-0.39, 0.29) is 28.9 Å². The second-order valence-corrected chi connectivity index (χ2v) is 7.86. The van der Waals surface area contributed by atoms with Gasteiger partial charge in [0.05, 0.1) is 28.1 Å². The van der Waals surface area contributed by atoms with Gasteiger partial charge in [-0.25, -0.2) is 0 Å². The zero-order valence-corrected chi connectivity index (χ0v) is 17.4. The minimum absolute atomic E-state index is 0.109. The van der Waals surface area contributed by atoms with Crippen LogP contribution in [0, 0.1) is 26.1 Å². The van der Waals surface area contributed by atoms with Crippen LogP contribution in [0.5, 0.6) is 0 Å². The standard InChI is InChI=1S/C20H30N4O7/c25-18-11-14(12-19(18)26)20(27)22-10-6-4-2-1-3-5-9-21-16-8-7-15(23(28)29)13-17(16)24(30)31/h7-8,13-14,18-19,21,25-26H,1-6,9-12H2,(H,22,27). The molecule has 172 valence electrons. The number of hydrogen-bond acceptors (Lipinski definition) is 8. The topological polar surface area (TPSA) is 168 Å². The van der Waals surface area contributed by atoms with Crippen LogP contribution in [-0.2, 0) is 4.79 Å². The van der Waals surface area contributed by atoms with E-state index < -0.39 is 22.1 Å². The lowest BCUT2D eigenvalue weighted by Gasteiger charge is -2.10. The Labute approximate surface area is 180 Å². The van der Waals surface area contributed by atoms with Crippen LogP contribution in [0.4, 0.5) is 17.1 Å². The first-order valence-corrected chi connectivity index (χ1v) is 10.6. The molecule has 1 aliphatic carbocycles. The second kappa shape index (κ2) is 12.2. The number of nitrogens with one attached hydrogen (secondary N) is 2. The van der Waals surface area contributed by atoms with E-state index in [0.29, 0.717) is 25.9 Å². The summed E-state index contributed by atoms with van der Waals surface area (Å²) in [6.45, 7) is 1.11. The number of aliphatic hydroxyl groups is 2. The molecule has 0 bridgehead atoms. The summed E-state index contributed by atoms with van der Waals surface area (Å²) in [6.07, 6.45) is 4.60. The summed E-state index contributed by atoms with van der Waals surface area (Å²) in [4.78, 5) is 32.5. The molecule has 0 aliphatic heterocycles. The summed E-state index contributed by atoms with van der Waals surface area (Å²) in [7, 11) is 0. The van der Waals surface area contributed by atoms with Gasteiger partial charge in [-0.05, 0) is 31.7 Å². The van der Waals surface area contributed by atoms with E-state index in [1.165, 1.54) is 12.1 Å². The molecule has 1 aromatic carbocycles. The van der Waals surface area contributed by atoms with Gasteiger partial charge in [0.25, 0.3) is 11.4 Å². The Morgan fingerprint density at radius 3 is 2.10 bits per heavy atom. The number of carbonyl (C=O) groups excluding carboxylic acids is 1. The van der Waals surface area contributed by atoms with Crippen LogP contribution < -0.4 is 10.6 Å². The molecule has 2 atom stereocenters. The molecule has 11 nitrogen and oxygen atoms in total. The van der Waals surface area contributed by atoms with Crippen LogP contribution >= 0.6 is 0 Å². The molecule has 0 aromatic heterocycles. The number of anilines is 1. The van der Waals surface area contributed by atoms with Crippen LogP contribution in [0.2, 0.25) is 0 Å². The number of unbranched alkanes of at least 4 members (excludes halogenated alkanes) is 5. The van der Waals surface area contributed by atoms with Gasteiger partial charge < -0.3 is 20.8 Å². The van der Waals surface area contributed by atoms with Gasteiger partial charge in [0, 0.05) is 25.1 Å². The van der Waals surface area contributed by atoms with Crippen molar-refractivity contribution in [2.75, 3.05) is 18.4 Å². The van der Waals surface area contributed by atoms with Crippen molar-refractivity contribution in [2.24, 2.45) is 5.92 Å². The molecular weight excluding hydrogens is 408 g/mol. The van der Waals surface area contributed by atoms with Gasteiger partial charge in [0.15, 0.2) is 0 Å². The molecule has 11 heteroatoms. The van der Waals surface area contributed by atoms with E-state index in [0.717, 1.165) is 44.6 Å². The quantitative estimate of drug-likeness (QED) is 0.207. The summed E-state index contributed by atoms with van der Waals surface area (Å²) in [5, 5.41) is 46.7. The fourth-order valence-electron chi connectivity index (χ4n) is 3.68. The maximum absolute atomic E-state index is 12.0. The molecule has 1 aliphatic rings. The maximum Gasteiger partial charge on any atom is 0.299 e. The van der Waals surface area contributed by atoms with Crippen molar-refractivity contribution in [3.8, 4) is 0 Å². The van der Waals surface area contributed by atoms with Gasteiger partial charge >= 0.3 is 0 Å². The van der Waals surface area contributed by atoms with Crippen molar-refractivity contribution in [1.29, 1.82) is 0 Å². The molecule has 4 N–H and O–H groups in total. The van der Waals surface area contributed by atoms with E-state index in [1.807, 2.05) is 0 Å². The summed E-state index contributed by atoms with van der Waals surface area (Å²) in [5.41, 5.74) is -0.349. The average Bonchev–Trinajstić information content (AvgIpc) is 3.07. The normalized spacial score (nSPS) is 20.4. The first-order chi connectivity index (χ1) is 14.8. The number of amides is 1. The largest absolute Gasteiger partial charge is 0.390 e. The number of aliphatic hydroxyl groups excluding tert-OH is 2. The molecule has 1 fully saturated rings. The molecule has 2 unspecified atom stereocenters. The Balaban J connectivity index is 1.53. The van der Waals surface area contributed by atoms with Crippen LogP contribution in [0.3, 0.4) is 0 Å². The van der Waals surface area contributed by atoms with Crippen molar-refractivity contribution < 1.29 is 24.9 Å². The van der Waals surface area contributed by atoms with Crippen LogP contribution in [0.25, 0.3) is 0 Å². The van der Waals surface area contributed by atoms with Crippen molar-refractivity contribution in [3.05, 3.63) is 38.4 Å². The number of non-ortho nitro benzene ring substituents is 1. The Morgan fingerprint density at radius 2 is 1.52 bits per heavy atom. The average molecular weight is 438 g/mol. The van der Waals surface area contributed by atoms with Crippen molar-refractivity contribution >= 4 is 23.0 Å². The fraction of sp³-hybridized carbons (Fsp3) is 0.650. The number of nitro groups is 2. The number of benzene rings is 1. The van der Waals surface area contributed by atoms with Crippen molar-refractivity contribution in [2.45, 2.75) is 63.6 Å². The highest BCUT2D eigenvalue weighted by atomic mass is 16.6. The zero-order valence-electron chi connectivity index (χ0n) is 17.4. The van der Waals surface area contributed by atoms with Crippen LogP contribution in [0.1, 0.15) is 51.4 Å². The second-order valence-electron chi connectivity index (χ2n) is 7.86.